The van der Waals surface area contributed by atoms with Crippen molar-refractivity contribution >= 4 is 23.5 Å². The average Bonchev–Trinajstić information content (AvgIpc) is 2.98. The van der Waals surface area contributed by atoms with Crippen LogP contribution in [-0.4, -0.2) is 11.9 Å². The summed E-state index contributed by atoms with van der Waals surface area (Å²) in [6.45, 7) is 2.23. The van der Waals surface area contributed by atoms with Crippen LogP contribution in [0.3, 0.4) is 0 Å². The molecule has 5 nitrogen and oxygen atoms in total. The second kappa shape index (κ2) is 14.1. The van der Waals surface area contributed by atoms with E-state index in [4.69, 9.17) is 26.3 Å². The Bertz CT molecular complexity index is 1490. The molecule has 0 saturated heterocycles. The predicted octanol–water partition coefficient (Wildman–Crippen LogP) is 8.83. The Morgan fingerprint density at radius 3 is 1.80 bits per heavy atom. The molecule has 40 heavy (non-hydrogen) atoms. The summed E-state index contributed by atoms with van der Waals surface area (Å²) in [5.41, 5.74) is 4.46. The summed E-state index contributed by atoms with van der Waals surface area (Å²) >= 11 is 5.99. The molecule has 0 spiro atoms. The van der Waals surface area contributed by atoms with Gasteiger partial charge in [-0.25, -0.2) is 9.59 Å². The summed E-state index contributed by atoms with van der Waals surface area (Å²) in [6, 6.07) is 28.3. The number of hydrogen-bond acceptors (Lipinski definition) is 5. The third-order valence-corrected chi connectivity index (χ3v) is 6.86. The van der Waals surface area contributed by atoms with Crippen LogP contribution in [0.5, 0.6) is 11.5 Å². The molecule has 202 valence electrons. The second-order valence-corrected chi connectivity index (χ2v) is 9.90. The first-order chi connectivity index (χ1) is 19.5. The second-order valence-electron chi connectivity index (χ2n) is 9.50. The minimum absolute atomic E-state index is 0.199. The molecule has 0 amide bonds. The topological polar surface area (TPSA) is 76.4 Å². The summed E-state index contributed by atoms with van der Waals surface area (Å²) in [7, 11) is 0. The van der Waals surface area contributed by atoms with Crippen LogP contribution in [0.15, 0.2) is 91.0 Å². The number of benzene rings is 4. The Morgan fingerprint density at radius 2 is 1.23 bits per heavy atom. The first-order valence-electron chi connectivity index (χ1n) is 13.4. The van der Waals surface area contributed by atoms with Crippen molar-refractivity contribution in [2.45, 2.75) is 45.4 Å². The lowest BCUT2D eigenvalue weighted by Crippen LogP contribution is -2.10. The van der Waals surface area contributed by atoms with Crippen LogP contribution in [-0.2, 0) is 6.42 Å². The molecule has 0 bridgehead atoms. The van der Waals surface area contributed by atoms with Crippen LogP contribution in [0.2, 0.25) is 5.02 Å². The minimum Gasteiger partial charge on any atom is -0.423 e. The Kier molecular flexibility index (Phi) is 10.1. The Hall–Kier alpha value is -4.40. The van der Waals surface area contributed by atoms with Gasteiger partial charge in [-0.2, -0.15) is 5.26 Å². The number of halogens is 1. The van der Waals surface area contributed by atoms with Crippen molar-refractivity contribution < 1.29 is 19.1 Å². The fourth-order valence-electron chi connectivity index (χ4n) is 4.24. The zero-order valence-corrected chi connectivity index (χ0v) is 23.1. The van der Waals surface area contributed by atoms with Gasteiger partial charge in [-0.3, -0.25) is 0 Å². The molecule has 0 aliphatic heterocycles. The standard InChI is InChI=1S/C34H30ClNO4/c1-2-3-4-5-6-7-24-8-10-25(11-9-24)26-12-14-27(15-13-26)33(37)39-30-19-16-28(17-20-30)34(38)40-31-21-18-29(23-36)32(35)22-31/h8-22H,2-7H2,1H3. The van der Waals surface area contributed by atoms with Crippen molar-refractivity contribution in [2.24, 2.45) is 0 Å². The van der Waals surface area contributed by atoms with Gasteiger partial charge in [-0.1, -0.05) is 80.6 Å². The van der Waals surface area contributed by atoms with Crippen LogP contribution in [0.25, 0.3) is 11.1 Å². The van der Waals surface area contributed by atoms with Crippen LogP contribution >= 0.6 is 11.6 Å². The molecule has 0 saturated carbocycles. The maximum atomic E-state index is 12.7. The van der Waals surface area contributed by atoms with E-state index in [0.717, 1.165) is 17.5 Å². The van der Waals surface area contributed by atoms with E-state index < -0.39 is 11.9 Å². The van der Waals surface area contributed by atoms with E-state index in [1.807, 2.05) is 18.2 Å². The molecule has 0 fully saturated rings. The number of carbonyl (C=O) groups is 2. The van der Waals surface area contributed by atoms with Gasteiger partial charge >= 0.3 is 11.9 Å². The van der Waals surface area contributed by atoms with E-state index in [1.54, 1.807) is 12.1 Å². The monoisotopic (exact) mass is 551 g/mol. The highest BCUT2D eigenvalue weighted by molar-refractivity contribution is 6.31. The lowest BCUT2D eigenvalue weighted by atomic mass is 10.00. The molecule has 4 rings (SSSR count). The highest BCUT2D eigenvalue weighted by Gasteiger charge is 2.13. The highest BCUT2D eigenvalue weighted by atomic mass is 35.5. The van der Waals surface area contributed by atoms with Gasteiger partial charge in [0.2, 0.25) is 0 Å². The first-order valence-corrected chi connectivity index (χ1v) is 13.8. The maximum Gasteiger partial charge on any atom is 0.343 e. The van der Waals surface area contributed by atoms with Gasteiger partial charge in [0.15, 0.2) is 0 Å². The number of carbonyl (C=O) groups excluding carboxylic acids is 2. The summed E-state index contributed by atoms with van der Waals surface area (Å²) < 4.78 is 10.8. The number of nitrogens with zero attached hydrogens (tertiary/aromatic N) is 1. The zero-order chi connectivity index (χ0) is 28.3. The van der Waals surface area contributed by atoms with Crippen LogP contribution < -0.4 is 9.47 Å². The first kappa shape index (κ1) is 28.6. The number of unbranched alkanes of at least 4 members (excludes halogenated alkanes) is 4. The van der Waals surface area contributed by atoms with Gasteiger partial charge in [0.05, 0.1) is 21.7 Å². The van der Waals surface area contributed by atoms with E-state index in [0.29, 0.717) is 16.9 Å². The lowest BCUT2D eigenvalue weighted by molar-refractivity contribution is 0.0730. The molecule has 0 aliphatic rings. The van der Waals surface area contributed by atoms with E-state index >= 15 is 0 Å². The molecule has 0 heterocycles. The zero-order valence-electron chi connectivity index (χ0n) is 22.4. The molecular weight excluding hydrogens is 522 g/mol. The van der Waals surface area contributed by atoms with Crippen molar-refractivity contribution in [2.75, 3.05) is 0 Å². The number of rotatable bonds is 11. The van der Waals surface area contributed by atoms with Crippen molar-refractivity contribution in [3.05, 3.63) is 118 Å². The molecular formula is C34H30ClNO4. The summed E-state index contributed by atoms with van der Waals surface area (Å²) in [5.74, 6) is -0.569. The largest absolute Gasteiger partial charge is 0.423 e. The molecule has 0 unspecified atom stereocenters. The van der Waals surface area contributed by atoms with Crippen molar-refractivity contribution in [1.29, 1.82) is 5.26 Å². The van der Waals surface area contributed by atoms with Gasteiger partial charge in [-0.15, -0.1) is 0 Å². The van der Waals surface area contributed by atoms with Crippen LogP contribution in [0.4, 0.5) is 0 Å². The molecule has 6 heteroatoms. The van der Waals surface area contributed by atoms with Crippen molar-refractivity contribution in [3.8, 4) is 28.7 Å². The third kappa shape index (κ3) is 7.81. The molecule has 0 atom stereocenters. The number of hydrogen-bond donors (Lipinski definition) is 0. The molecule has 0 radical (unpaired) electrons. The van der Waals surface area contributed by atoms with Crippen molar-refractivity contribution in [1.82, 2.24) is 0 Å². The van der Waals surface area contributed by atoms with E-state index in [-0.39, 0.29) is 16.3 Å². The number of nitriles is 1. The Morgan fingerprint density at radius 1 is 0.700 bits per heavy atom. The summed E-state index contributed by atoms with van der Waals surface area (Å²) in [5, 5.41) is 9.16. The molecule has 4 aromatic rings. The SMILES string of the molecule is CCCCCCCc1ccc(-c2ccc(C(=O)Oc3ccc(C(=O)Oc4ccc(C#N)c(Cl)c4)cc3)cc2)cc1. The smallest absolute Gasteiger partial charge is 0.343 e. The molecule has 0 aliphatic carbocycles. The number of ether oxygens (including phenoxy) is 2. The maximum absolute atomic E-state index is 12.7. The van der Waals surface area contributed by atoms with Gasteiger partial charge in [-0.05, 0) is 78.1 Å². The highest BCUT2D eigenvalue weighted by Crippen LogP contribution is 2.24. The average molecular weight is 552 g/mol. The third-order valence-electron chi connectivity index (χ3n) is 6.55. The van der Waals surface area contributed by atoms with Gasteiger partial charge in [0.1, 0.15) is 17.6 Å². The van der Waals surface area contributed by atoms with E-state index in [2.05, 4.69) is 31.2 Å². The minimum atomic E-state index is -0.603. The predicted molar refractivity (Wildman–Crippen MR) is 157 cm³/mol. The van der Waals surface area contributed by atoms with Gasteiger partial charge in [0, 0.05) is 6.07 Å². The molecule has 0 aromatic heterocycles. The molecule has 4 aromatic carbocycles. The van der Waals surface area contributed by atoms with E-state index in [9.17, 15) is 9.59 Å². The van der Waals surface area contributed by atoms with E-state index in [1.165, 1.54) is 80.1 Å². The van der Waals surface area contributed by atoms with Gasteiger partial charge in [0.25, 0.3) is 0 Å². The van der Waals surface area contributed by atoms with Crippen LogP contribution in [0.1, 0.15) is 70.9 Å². The Balaban J connectivity index is 1.30. The Labute approximate surface area is 239 Å². The quantitative estimate of drug-likeness (QED) is 0.106. The van der Waals surface area contributed by atoms with Crippen molar-refractivity contribution in [3.63, 3.8) is 0 Å². The van der Waals surface area contributed by atoms with Crippen LogP contribution in [0, 0.1) is 11.3 Å². The normalized spacial score (nSPS) is 10.5. The summed E-state index contributed by atoms with van der Waals surface area (Å²) in [4.78, 5) is 25.1. The number of esters is 2. The van der Waals surface area contributed by atoms with Gasteiger partial charge < -0.3 is 9.47 Å². The lowest BCUT2D eigenvalue weighted by Gasteiger charge is -2.08. The molecule has 0 N–H and O–H groups in total. The summed E-state index contributed by atoms with van der Waals surface area (Å²) in [6.07, 6.45) is 7.47. The fraction of sp³-hybridized carbons (Fsp3) is 0.206. The fourth-order valence-corrected chi connectivity index (χ4v) is 4.45. The number of aryl methyl sites for hydroxylation is 1.